The molecule has 1 aromatic heterocycles. The van der Waals surface area contributed by atoms with Crippen LogP contribution in [0.15, 0.2) is 6.07 Å². The number of nitrogens with zero attached hydrogens (tertiary/aromatic N) is 2. The number of anilines is 1. The van der Waals surface area contributed by atoms with E-state index in [1.807, 2.05) is 27.1 Å². The first kappa shape index (κ1) is 11.1. The molecule has 0 bridgehead atoms. The highest BCUT2D eigenvalue weighted by Gasteiger charge is 1.94. The summed E-state index contributed by atoms with van der Waals surface area (Å²) in [6, 6.07) is 1.83. The molecule has 0 fully saturated rings. The number of aromatic nitrogens is 2. The Morgan fingerprint density at radius 1 is 1.57 bits per heavy atom. The number of nitrogens with one attached hydrogen (secondary N) is 2. The molecule has 0 atom stereocenters. The minimum absolute atomic E-state index is 0.619. The Hall–Kier alpha value is -0.940. The summed E-state index contributed by atoms with van der Waals surface area (Å²) in [7, 11) is 4.09. The van der Waals surface area contributed by atoms with Crippen molar-refractivity contribution in [3.8, 4) is 0 Å². The van der Waals surface area contributed by atoms with Gasteiger partial charge in [-0.25, -0.2) is 4.98 Å². The quantitative estimate of drug-likeness (QED) is 0.741. The van der Waals surface area contributed by atoms with Crippen LogP contribution >= 0.6 is 12.2 Å². The molecule has 0 unspecified atom stereocenters. The summed E-state index contributed by atoms with van der Waals surface area (Å²) in [4.78, 5) is 9.32. The maximum Gasteiger partial charge on any atom is 0.131 e. The van der Waals surface area contributed by atoms with Gasteiger partial charge >= 0.3 is 0 Å². The number of aryl methyl sites for hydroxylation is 1. The van der Waals surface area contributed by atoms with Gasteiger partial charge in [0.25, 0.3) is 0 Å². The topological polar surface area (TPSA) is 44.0 Å². The summed E-state index contributed by atoms with van der Waals surface area (Å²) in [5.41, 5.74) is 0. The maximum atomic E-state index is 5.01. The van der Waals surface area contributed by atoms with Crippen molar-refractivity contribution in [1.82, 2.24) is 14.9 Å². The Labute approximate surface area is 89.4 Å². The largest absolute Gasteiger partial charge is 0.370 e. The first-order valence-electron chi connectivity index (χ1n) is 4.54. The second-order valence-electron chi connectivity index (χ2n) is 3.45. The number of hydrogen-bond acceptors (Lipinski definition) is 4. The van der Waals surface area contributed by atoms with E-state index in [9.17, 15) is 0 Å². The molecule has 1 aromatic rings. The Bertz CT molecular complexity index is 345. The van der Waals surface area contributed by atoms with Gasteiger partial charge in [0.1, 0.15) is 16.3 Å². The highest BCUT2D eigenvalue weighted by molar-refractivity contribution is 7.71. The molecule has 1 rings (SSSR count). The van der Waals surface area contributed by atoms with Gasteiger partial charge in [-0.3, -0.25) is 0 Å². The van der Waals surface area contributed by atoms with Gasteiger partial charge in [-0.05, 0) is 21.0 Å². The lowest BCUT2D eigenvalue weighted by atomic mass is 10.5. The van der Waals surface area contributed by atoms with Crippen LogP contribution in [0.5, 0.6) is 0 Å². The molecule has 78 valence electrons. The van der Waals surface area contributed by atoms with Crippen molar-refractivity contribution in [2.24, 2.45) is 0 Å². The number of aromatic amines is 1. The molecular formula is C9H16N4S. The Morgan fingerprint density at radius 2 is 2.29 bits per heavy atom. The molecule has 4 nitrogen and oxygen atoms in total. The third kappa shape index (κ3) is 3.85. The van der Waals surface area contributed by atoms with Crippen LogP contribution in [0.1, 0.15) is 5.82 Å². The predicted octanol–water partition coefficient (Wildman–Crippen LogP) is 1.42. The first-order valence-corrected chi connectivity index (χ1v) is 4.95. The SMILES string of the molecule is Cc1nc(=S)cc(NCCN(C)C)[nH]1. The van der Waals surface area contributed by atoms with E-state index in [-0.39, 0.29) is 0 Å². The first-order chi connectivity index (χ1) is 6.58. The van der Waals surface area contributed by atoms with Crippen LogP contribution in [-0.2, 0) is 0 Å². The number of hydrogen-bond donors (Lipinski definition) is 2. The van der Waals surface area contributed by atoms with E-state index in [4.69, 9.17) is 12.2 Å². The van der Waals surface area contributed by atoms with Crippen molar-refractivity contribution in [3.05, 3.63) is 16.5 Å². The van der Waals surface area contributed by atoms with Crippen LogP contribution in [0.2, 0.25) is 0 Å². The molecule has 0 saturated carbocycles. The molecule has 0 radical (unpaired) electrons. The van der Waals surface area contributed by atoms with E-state index in [0.717, 1.165) is 24.7 Å². The van der Waals surface area contributed by atoms with Crippen molar-refractivity contribution in [2.45, 2.75) is 6.92 Å². The zero-order chi connectivity index (χ0) is 10.6. The number of rotatable bonds is 4. The Balaban J connectivity index is 2.55. The molecule has 0 aliphatic rings. The number of likely N-dealkylation sites (N-methyl/N-ethyl adjacent to an activating group) is 1. The fraction of sp³-hybridized carbons (Fsp3) is 0.556. The van der Waals surface area contributed by atoms with Gasteiger partial charge in [0.15, 0.2) is 0 Å². The van der Waals surface area contributed by atoms with Crippen LogP contribution in [0, 0.1) is 11.6 Å². The molecule has 0 aliphatic carbocycles. The van der Waals surface area contributed by atoms with Gasteiger partial charge in [0.05, 0.1) is 0 Å². The van der Waals surface area contributed by atoms with Crippen molar-refractivity contribution in [1.29, 1.82) is 0 Å². The zero-order valence-corrected chi connectivity index (χ0v) is 9.61. The Morgan fingerprint density at radius 3 is 2.86 bits per heavy atom. The van der Waals surface area contributed by atoms with Gasteiger partial charge in [0, 0.05) is 19.2 Å². The zero-order valence-electron chi connectivity index (χ0n) is 8.79. The van der Waals surface area contributed by atoms with Gasteiger partial charge in [-0.2, -0.15) is 0 Å². The third-order valence-corrected chi connectivity index (χ3v) is 1.94. The lowest BCUT2D eigenvalue weighted by Gasteiger charge is -2.11. The molecule has 2 N–H and O–H groups in total. The minimum atomic E-state index is 0.619. The molecule has 0 aliphatic heterocycles. The van der Waals surface area contributed by atoms with Crippen molar-refractivity contribution >= 4 is 18.0 Å². The fourth-order valence-electron chi connectivity index (χ4n) is 1.09. The molecule has 1 heterocycles. The normalized spacial score (nSPS) is 10.6. The van der Waals surface area contributed by atoms with E-state index >= 15 is 0 Å². The summed E-state index contributed by atoms with van der Waals surface area (Å²) >= 11 is 5.01. The summed E-state index contributed by atoms with van der Waals surface area (Å²) < 4.78 is 0.619. The number of H-pyrrole nitrogens is 1. The van der Waals surface area contributed by atoms with Crippen LogP contribution < -0.4 is 5.32 Å². The minimum Gasteiger partial charge on any atom is -0.370 e. The van der Waals surface area contributed by atoms with Crippen LogP contribution in [0.25, 0.3) is 0 Å². The average molecular weight is 212 g/mol. The second kappa shape index (κ2) is 5.07. The van der Waals surface area contributed by atoms with Gasteiger partial charge in [0.2, 0.25) is 0 Å². The fourth-order valence-corrected chi connectivity index (χ4v) is 1.34. The van der Waals surface area contributed by atoms with Crippen molar-refractivity contribution < 1.29 is 0 Å². The molecule has 0 spiro atoms. The van der Waals surface area contributed by atoms with Crippen molar-refractivity contribution in [2.75, 3.05) is 32.5 Å². The van der Waals surface area contributed by atoms with E-state index in [1.165, 1.54) is 0 Å². The van der Waals surface area contributed by atoms with E-state index < -0.39 is 0 Å². The van der Waals surface area contributed by atoms with E-state index in [1.54, 1.807) is 0 Å². The highest BCUT2D eigenvalue weighted by atomic mass is 32.1. The van der Waals surface area contributed by atoms with Crippen LogP contribution in [-0.4, -0.2) is 42.1 Å². The Kier molecular flexibility index (Phi) is 4.03. The molecule has 14 heavy (non-hydrogen) atoms. The second-order valence-corrected chi connectivity index (χ2v) is 3.87. The lowest BCUT2D eigenvalue weighted by molar-refractivity contribution is 0.425. The maximum absolute atomic E-state index is 5.01. The van der Waals surface area contributed by atoms with Crippen LogP contribution in [0.3, 0.4) is 0 Å². The molecular weight excluding hydrogens is 196 g/mol. The lowest BCUT2D eigenvalue weighted by Crippen LogP contribution is -2.21. The van der Waals surface area contributed by atoms with E-state index in [2.05, 4.69) is 20.2 Å². The standard InChI is InChI=1S/C9H16N4S/c1-7-11-8(6-9(14)12-7)10-4-5-13(2)3/h6H,4-5H2,1-3H3,(H2,10,11,12,14). The van der Waals surface area contributed by atoms with Crippen LogP contribution in [0.4, 0.5) is 5.82 Å². The summed E-state index contributed by atoms with van der Waals surface area (Å²) in [6.07, 6.45) is 0. The monoisotopic (exact) mass is 212 g/mol. The molecule has 0 amide bonds. The molecule has 0 aromatic carbocycles. The van der Waals surface area contributed by atoms with Gasteiger partial charge < -0.3 is 15.2 Å². The predicted molar refractivity (Wildman–Crippen MR) is 61.2 cm³/mol. The molecule has 5 heteroatoms. The summed E-state index contributed by atoms with van der Waals surface area (Å²) in [5.74, 6) is 1.77. The summed E-state index contributed by atoms with van der Waals surface area (Å²) in [6.45, 7) is 3.77. The average Bonchev–Trinajstić information content (AvgIpc) is 2.01. The smallest absolute Gasteiger partial charge is 0.131 e. The van der Waals surface area contributed by atoms with Gasteiger partial charge in [-0.1, -0.05) is 12.2 Å². The third-order valence-electron chi connectivity index (χ3n) is 1.74. The summed E-state index contributed by atoms with van der Waals surface area (Å²) in [5, 5.41) is 3.25. The van der Waals surface area contributed by atoms with Crippen molar-refractivity contribution in [3.63, 3.8) is 0 Å². The van der Waals surface area contributed by atoms with E-state index in [0.29, 0.717) is 4.64 Å². The molecule has 0 saturated heterocycles. The van der Waals surface area contributed by atoms with Gasteiger partial charge in [-0.15, -0.1) is 0 Å². The highest BCUT2D eigenvalue weighted by Crippen LogP contribution is 2.02.